The number of ether oxygens (including phenoxy) is 1. The van der Waals surface area contributed by atoms with E-state index in [1.807, 2.05) is 24.3 Å². The van der Waals surface area contributed by atoms with Gasteiger partial charge in [-0.3, -0.25) is 5.10 Å². The van der Waals surface area contributed by atoms with Gasteiger partial charge in [0.15, 0.2) is 5.65 Å². The number of rotatable bonds is 4. The number of nitrogens with zero attached hydrogens (tertiary/aromatic N) is 3. The van der Waals surface area contributed by atoms with Gasteiger partial charge in [-0.15, -0.1) is 0 Å². The van der Waals surface area contributed by atoms with Crippen LogP contribution in [0, 0.1) is 11.6 Å². The van der Waals surface area contributed by atoms with E-state index in [9.17, 15) is 8.78 Å². The monoisotopic (exact) mass is 353 g/mol. The van der Waals surface area contributed by atoms with Crippen LogP contribution in [0.15, 0.2) is 48.7 Å². The number of benzene rings is 2. The number of methoxy groups -OCH3 is 1. The summed E-state index contributed by atoms with van der Waals surface area (Å²) >= 11 is 0. The Morgan fingerprint density at radius 3 is 2.77 bits per heavy atom. The second kappa shape index (κ2) is 6.40. The normalized spacial score (nSPS) is 10.9. The Hall–Kier alpha value is -3.55. The number of nitrogens with one attached hydrogen (secondary N) is 2. The van der Waals surface area contributed by atoms with Gasteiger partial charge < -0.3 is 10.1 Å². The summed E-state index contributed by atoms with van der Waals surface area (Å²) in [5.74, 6) is -0.543. The number of H-pyrrole nitrogens is 1. The Kier molecular flexibility index (Phi) is 3.92. The molecule has 2 heterocycles. The van der Waals surface area contributed by atoms with Gasteiger partial charge in [0.1, 0.15) is 17.4 Å². The van der Waals surface area contributed by atoms with Gasteiger partial charge in [0.25, 0.3) is 0 Å². The van der Waals surface area contributed by atoms with E-state index in [-0.39, 0.29) is 11.6 Å². The van der Waals surface area contributed by atoms with Gasteiger partial charge in [0.05, 0.1) is 23.9 Å². The highest BCUT2D eigenvalue weighted by Crippen LogP contribution is 2.32. The van der Waals surface area contributed by atoms with Crippen molar-refractivity contribution in [3.05, 3.63) is 60.3 Å². The maximum Gasteiger partial charge on any atom is 0.229 e. The molecule has 4 rings (SSSR count). The lowest BCUT2D eigenvalue weighted by Gasteiger charge is -2.07. The molecule has 6 nitrogen and oxygen atoms in total. The molecule has 26 heavy (non-hydrogen) atoms. The first-order valence-corrected chi connectivity index (χ1v) is 7.72. The van der Waals surface area contributed by atoms with E-state index in [0.29, 0.717) is 16.8 Å². The smallest absolute Gasteiger partial charge is 0.229 e. The molecule has 0 radical (unpaired) electrons. The average Bonchev–Trinajstić information content (AvgIpc) is 3.07. The summed E-state index contributed by atoms with van der Waals surface area (Å²) in [5, 5.41) is 10.5. The maximum absolute atomic E-state index is 13.8. The third kappa shape index (κ3) is 2.81. The maximum atomic E-state index is 13.8. The molecule has 0 saturated heterocycles. The van der Waals surface area contributed by atoms with E-state index in [4.69, 9.17) is 4.74 Å². The fraction of sp³-hybridized carbons (Fsp3) is 0.0556. The molecule has 0 saturated carbocycles. The van der Waals surface area contributed by atoms with Crippen molar-refractivity contribution in [2.75, 3.05) is 12.4 Å². The summed E-state index contributed by atoms with van der Waals surface area (Å²) in [6, 6.07) is 10.7. The number of aromatic nitrogens is 4. The minimum absolute atomic E-state index is 0.0752. The highest BCUT2D eigenvalue weighted by molar-refractivity contribution is 5.92. The van der Waals surface area contributed by atoms with Crippen LogP contribution in [0.2, 0.25) is 0 Å². The highest BCUT2D eigenvalue weighted by Gasteiger charge is 2.14. The van der Waals surface area contributed by atoms with Crippen LogP contribution >= 0.6 is 0 Å². The summed E-state index contributed by atoms with van der Waals surface area (Å²) < 4.78 is 32.1. The highest BCUT2D eigenvalue weighted by atomic mass is 19.1. The molecule has 130 valence electrons. The molecule has 0 amide bonds. The van der Waals surface area contributed by atoms with Crippen molar-refractivity contribution in [2.24, 2.45) is 0 Å². The van der Waals surface area contributed by atoms with Crippen LogP contribution < -0.4 is 10.1 Å². The van der Waals surface area contributed by atoms with Gasteiger partial charge in [-0.25, -0.2) is 13.8 Å². The Labute approximate surface area is 146 Å². The fourth-order valence-corrected chi connectivity index (χ4v) is 2.63. The van der Waals surface area contributed by atoms with E-state index in [0.717, 1.165) is 23.4 Å². The molecule has 0 unspecified atom stereocenters. The molecule has 8 heteroatoms. The molecule has 4 aromatic rings. The van der Waals surface area contributed by atoms with Crippen LogP contribution in [0.3, 0.4) is 0 Å². The second-order valence-electron chi connectivity index (χ2n) is 5.48. The van der Waals surface area contributed by atoms with Crippen molar-refractivity contribution in [3.63, 3.8) is 0 Å². The van der Waals surface area contributed by atoms with Crippen molar-refractivity contribution in [1.29, 1.82) is 0 Å². The van der Waals surface area contributed by atoms with E-state index in [1.54, 1.807) is 13.3 Å². The number of hydrogen-bond acceptors (Lipinski definition) is 5. The van der Waals surface area contributed by atoms with Crippen molar-refractivity contribution in [1.82, 2.24) is 20.2 Å². The summed E-state index contributed by atoms with van der Waals surface area (Å²) in [6.45, 7) is 0. The molecule has 2 aromatic heterocycles. The predicted octanol–water partition coefficient (Wildman–Crippen LogP) is 4.05. The summed E-state index contributed by atoms with van der Waals surface area (Å²) in [7, 11) is 1.59. The molecule has 0 fully saturated rings. The standard InChI is InChI=1S/C18H13F2N5O/c1-26-15-5-3-2-4-11(15)16-12-9-21-18(23-17(12)25-24-16)22-14-7-6-10(19)8-13(14)20/h2-9H,1H3,(H2,21,22,23,24,25). The van der Waals surface area contributed by atoms with Crippen LogP contribution in [0.4, 0.5) is 20.4 Å². The van der Waals surface area contributed by atoms with Gasteiger partial charge in [-0.1, -0.05) is 12.1 Å². The third-order valence-corrected chi connectivity index (χ3v) is 3.87. The molecule has 0 aliphatic rings. The Morgan fingerprint density at radius 2 is 1.96 bits per heavy atom. The summed E-state index contributed by atoms with van der Waals surface area (Å²) in [5.41, 5.74) is 2.03. The Balaban J connectivity index is 1.71. The van der Waals surface area contributed by atoms with Crippen LogP contribution in [-0.2, 0) is 0 Å². The molecule has 0 aliphatic carbocycles. The molecular formula is C18H13F2N5O. The number of anilines is 2. The largest absolute Gasteiger partial charge is 0.496 e. The van der Waals surface area contributed by atoms with E-state index < -0.39 is 11.6 Å². The molecule has 2 N–H and O–H groups in total. The van der Waals surface area contributed by atoms with Crippen LogP contribution in [-0.4, -0.2) is 27.3 Å². The van der Waals surface area contributed by atoms with Crippen molar-refractivity contribution >= 4 is 22.7 Å². The number of halogens is 2. The average molecular weight is 353 g/mol. The van der Waals surface area contributed by atoms with Gasteiger partial charge in [0, 0.05) is 17.8 Å². The third-order valence-electron chi connectivity index (χ3n) is 3.87. The lowest BCUT2D eigenvalue weighted by Crippen LogP contribution is -1.99. The molecule has 2 aromatic carbocycles. The fourth-order valence-electron chi connectivity index (χ4n) is 2.63. The van der Waals surface area contributed by atoms with Crippen molar-refractivity contribution in [2.45, 2.75) is 0 Å². The summed E-state index contributed by atoms with van der Waals surface area (Å²) in [4.78, 5) is 8.47. The SMILES string of the molecule is COc1ccccc1-c1[nH]nc2nc(Nc3ccc(F)cc3F)ncc12. The zero-order chi connectivity index (χ0) is 18.1. The van der Waals surface area contributed by atoms with Crippen LogP contribution in [0.25, 0.3) is 22.3 Å². The van der Waals surface area contributed by atoms with Gasteiger partial charge in [-0.2, -0.15) is 10.1 Å². The first kappa shape index (κ1) is 15.9. The van der Waals surface area contributed by atoms with Gasteiger partial charge >= 0.3 is 0 Å². The molecule has 0 bridgehead atoms. The Bertz CT molecular complexity index is 1100. The summed E-state index contributed by atoms with van der Waals surface area (Å²) in [6.07, 6.45) is 1.58. The van der Waals surface area contributed by atoms with Gasteiger partial charge in [0.2, 0.25) is 5.95 Å². The minimum atomic E-state index is -0.731. The van der Waals surface area contributed by atoms with Crippen LogP contribution in [0.5, 0.6) is 5.75 Å². The zero-order valence-corrected chi connectivity index (χ0v) is 13.6. The first-order chi connectivity index (χ1) is 12.7. The van der Waals surface area contributed by atoms with E-state index in [1.165, 1.54) is 6.07 Å². The number of aromatic amines is 1. The number of hydrogen-bond donors (Lipinski definition) is 2. The zero-order valence-electron chi connectivity index (χ0n) is 13.6. The minimum Gasteiger partial charge on any atom is -0.496 e. The number of fused-ring (bicyclic) bond motifs is 1. The Morgan fingerprint density at radius 1 is 1.12 bits per heavy atom. The lowest BCUT2D eigenvalue weighted by molar-refractivity contribution is 0.416. The second-order valence-corrected chi connectivity index (χ2v) is 5.48. The van der Waals surface area contributed by atoms with Crippen molar-refractivity contribution < 1.29 is 13.5 Å². The topological polar surface area (TPSA) is 75.7 Å². The lowest BCUT2D eigenvalue weighted by atomic mass is 10.1. The molecule has 0 aliphatic heterocycles. The van der Waals surface area contributed by atoms with E-state index >= 15 is 0 Å². The van der Waals surface area contributed by atoms with E-state index in [2.05, 4.69) is 25.5 Å². The quantitative estimate of drug-likeness (QED) is 0.579. The molecular weight excluding hydrogens is 340 g/mol. The molecule has 0 atom stereocenters. The first-order valence-electron chi connectivity index (χ1n) is 7.72. The van der Waals surface area contributed by atoms with Gasteiger partial charge in [-0.05, 0) is 24.3 Å². The van der Waals surface area contributed by atoms with Crippen molar-refractivity contribution in [3.8, 4) is 17.0 Å². The van der Waals surface area contributed by atoms with Crippen LogP contribution in [0.1, 0.15) is 0 Å². The number of para-hydroxylation sites is 1. The predicted molar refractivity (Wildman–Crippen MR) is 93.3 cm³/mol. The molecule has 0 spiro atoms.